The molecule has 0 fully saturated rings. The number of rotatable bonds is 6. The number of nitrogens with one attached hydrogen (secondary N) is 1. The maximum absolute atomic E-state index is 12.1. The highest BCUT2D eigenvalue weighted by Crippen LogP contribution is 2.22. The molecule has 0 radical (unpaired) electrons. The molecule has 1 rings (SSSR count). The highest BCUT2D eigenvalue weighted by molar-refractivity contribution is 5.99. The van der Waals surface area contributed by atoms with Crippen molar-refractivity contribution in [1.82, 2.24) is 5.32 Å². The Bertz CT molecular complexity index is 516. The van der Waals surface area contributed by atoms with E-state index in [2.05, 4.69) is 5.32 Å². The van der Waals surface area contributed by atoms with Crippen molar-refractivity contribution in [2.75, 3.05) is 19.4 Å². The second kappa shape index (κ2) is 6.27. The predicted molar refractivity (Wildman–Crippen MR) is 75.8 cm³/mol. The summed E-state index contributed by atoms with van der Waals surface area (Å²) in [5, 5.41) is 11.8. The summed E-state index contributed by atoms with van der Waals surface area (Å²) in [4.78, 5) is 23.3. The van der Waals surface area contributed by atoms with Crippen LogP contribution < -0.4 is 15.8 Å². The van der Waals surface area contributed by atoms with Gasteiger partial charge in [0, 0.05) is 12.2 Å². The first-order valence-corrected chi connectivity index (χ1v) is 6.29. The average molecular weight is 280 g/mol. The minimum absolute atomic E-state index is 0.0360. The van der Waals surface area contributed by atoms with Gasteiger partial charge in [-0.15, -0.1) is 0 Å². The van der Waals surface area contributed by atoms with Crippen LogP contribution in [0.5, 0.6) is 5.75 Å². The van der Waals surface area contributed by atoms with Crippen molar-refractivity contribution in [2.45, 2.75) is 20.3 Å². The van der Waals surface area contributed by atoms with E-state index in [1.54, 1.807) is 26.0 Å². The number of carboxylic acid groups (broad SMARTS) is 1. The van der Waals surface area contributed by atoms with Gasteiger partial charge in [-0.1, -0.05) is 6.92 Å². The third-order valence-corrected chi connectivity index (χ3v) is 3.44. The molecule has 110 valence electrons. The number of amides is 1. The lowest BCUT2D eigenvalue weighted by Gasteiger charge is -2.23. The van der Waals surface area contributed by atoms with Crippen molar-refractivity contribution in [3.63, 3.8) is 0 Å². The number of nitrogens with two attached hydrogens (primary N) is 1. The molecule has 0 bridgehead atoms. The van der Waals surface area contributed by atoms with Gasteiger partial charge in [0.1, 0.15) is 5.75 Å². The number of benzene rings is 1. The molecule has 1 aromatic rings. The number of hydrogen-bond acceptors (Lipinski definition) is 4. The van der Waals surface area contributed by atoms with Crippen LogP contribution >= 0.6 is 0 Å². The first kappa shape index (κ1) is 15.8. The van der Waals surface area contributed by atoms with Crippen molar-refractivity contribution in [2.24, 2.45) is 5.41 Å². The Balaban J connectivity index is 2.84. The summed E-state index contributed by atoms with van der Waals surface area (Å²) in [7, 11) is 1.49. The van der Waals surface area contributed by atoms with E-state index in [-0.39, 0.29) is 12.1 Å². The summed E-state index contributed by atoms with van der Waals surface area (Å²) < 4.78 is 5.04. The van der Waals surface area contributed by atoms with Gasteiger partial charge in [0.05, 0.1) is 18.1 Å². The molecule has 1 amide bonds. The summed E-state index contributed by atoms with van der Waals surface area (Å²) in [6.07, 6.45) is 0.413. The zero-order chi connectivity index (χ0) is 15.3. The van der Waals surface area contributed by atoms with Gasteiger partial charge in [-0.3, -0.25) is 9.59 Å². The van der Waals surface area contributed by atoms with Gasteiger partial charge in [0.25, 0.3) is 5.91 Å². The number of carbonyl (C=O) groups is 2. The summed E-state index contributed by atoms with van der Waals surface area (Å²) in [5.74, 6) is -0.845. The smallest absolute Gasteiger partial charge is 0.311 e. The van der Waals surface area contributed by atoms with Crippen molar-refractivity contribution in [3.8, 4) is 5.75 Å². The van der Waals surface area contributed by atoms with Gasteiger partial charge in [-0.05, 0) is 31.5 Å². The molecule has 0 aliphatic heterocycles. The molecule has 0 aliphatic rings. The molecule has 0 aliphatic carbocycles. The topological polar surface area (TPSA) is 102 Å². The normalized spacial score (nSPS) is 13.3. The van der Waals surface area contributed by atoms with Crippen molar-refractivity contribution >= 4 is 17.6 Å². The number of ether oxygens (including phenoxy) is 1. The summed E-state index contributed by atoms with van der Waals surface area (Å²) in [6, 6.07) is 4.75. The molecule has 0 aromatic heterocycles. The third-order valence-electron chi connectivity index (χ3n) is 3.44. The lowest BCUT2D eigenvalue weighted by molar-refractivity contribution is -0.147. The van der Waals surface area contributed by atoms with Crippen LogP contribution in [-0.4, -0.2) is 30.6 Å². The van der Waals surface area contributed by atoms with Crippen LogP contribution in [-0.2, 0) is 4.79 Å². The van der Waals surface area contributed by atoms with Gasteiger partial charge >= 0.3 is 5.97 Å². The Morgan fingerprint density at radius 2 is 2.10 bits per heavy atom. The fourth-order valence-electron chi connectivity index (χ4n) is 1.58. The third kappa shape index (κ3) is 3.40. The first-order chi connectivity index (χ1) is 9.34. The average Bonchev–Trinajstić information content (AvgIpc) is 2.44. The Morgan fingerprint density at radius 1 is 1.45 bits per heavy atom. The Kier molecular flexibility index (Phi) is 4.96. The fourth-order valence-corrected chi connectivity index (χ4v) is 1.58. The second-order valence-corrected chi connectivity index (χ2v) is 4.86. The number of methoxy groups -OCH3 is 1. The van der Waals surface area contributed by atoms with Crippen LogP contribution in [0.1, 0.15) is 30.6 Å². The van der Waals surface area contributed by atoms with Gasteiger partial charge in [-0.25, -0.2) is 0 Å². The first-order valence-electron chi connectivity index (χ1n) is 6.29. The van der Waals surface area contributed by atoms with Crippen LogP contribution in [0.4, 0.5) is 5.69 Å². The molecule has 0 saturated carbocycles. The van der Waals surface area contributed by atoms with Crippen LogP contribution in [0.3, 0.4) is 0 Å². The second-order valence-electron chi connectivity index (χ2n) is 4.86. The largest absolute Gasteiger partial charge is 0.497 e. The van der Waals surface area contributed by atoms with Crippen LogP contribution in [0, 0.1) is 5.41 Å². The zero-order valence-corrected chi connectivity index (χ0v) is 11.9. The molecule has 6 heteroatoms. The number of hydrogen-bond donors (Lipinski definition) is 3. The van der Waals surface area contributed by atoms with E-state index in [1.807, 2.05) is 0 Å². The van der Waals surface area contributed by atoms with Crippen LogP contribution in [0.15, 0.2) is 18.2 Å². The molecule has 20 heavy (non-hydrogen) atoms. The van der Waals surface area contributed by atoms with Gasteiger partial charge in [-0.2, -0.15) is 0 Å². The van der Waals surface area contributed by atoms with Crippen LogP contribution in [0.2, 0.25) is 0 Å². The Morgan fingerprint density at radius 3 is 2.60 bits per heavy atom. The summed E-state index contributed by atoms with van der Waals surface area (Å²) in [5.41, 5.74) is 5.34. The van der Waals surface area contributed by atoms with Gasteiger partial charge in [0.2, 0.25) is 0 Å². The van der Waals surface area contributed by atoms with E-state index >= 15 is 0 Å². The van der Waals surface area contributed by atoms with E-state index in [4.69, 9.17) is 15.6 Å². The van der Waals surface area contributed by atoms with Crippen molar-refractivity contribution < 1.29 is 19.4 Å². The molecule has 6 nitrogen and oxygen atoms in total. The molecule has 0 spiro atoms. The molecule has 1 unspecified atom stereocenters. The molecule has 0 heterocycles. The number of carboxylic acids is 1. The van der Waals surface area contributed by atoms with Gasteiger partial charge < -0.3 is 20.9 Å². The molecule has 4 N–H and O–H groups in total. The number of aliphatic carboxylic acids is 1. The zero-order valence-electron chi connectivity index (χ0n) is 11.9. The van der Waals surface area contributed by atoms with Gasteiger partial charge in [0.15, 0.2) is 0 Å². The Labute approximate surface area is 117 Å². The number of anilines is 1. The standard InChI is InChI=1S/C14H20N2O4/c1-4-14(2,13(18)19)8-16-12(17)10-7-9(20-3)5-6-11(10)15/h5-7H,4,8,15H2,1-3H3,(H,16,17)(H,18,19). The van der Waals surface area contributed by atoms with E-state index < -0.39 is 17.3 Å². The molecular weight excluding hydrogens is 260 g/mol. The number of nitrogen functional groups attached to an aromatic ring is 1. The van der Waals surface area contributed by atoms with E-state index in [9.17, 15) is 9.59 Å². The fraction of sp³-hybridized carbons (Fsp3) is 0.429. The quantitative estimate of drug-likeness (QED) is 0.685. The molecule has 1 aromatic carbocycles. The van der Waals surface area contributed by atoms with Crippen molar-refractivity contribution in [3.05, 3.63) is 23.8 Å². The maximum atomic E-state index is 12.1. The van der Waals surface area contributed by atoms with Crippen molar-refractivity contribution in [1.29, 1.82) is 0 Å². The number of carbonyl (C=O) groups excluding carboxylic acids is 1. The maximum Gasteiger partial charge on any atom is 0.311 e. The lowest BCUT2D eigenvalue weighted by Crippen LogP contribution is -2.40. The minimum Gasteiger partial charge on any atom is -0.497 e. The predicted octanol–water partition coefficient (Wildman–Crippen LogP) is 1.51. The Hall–Kier alpha value is -2.24. The minimum atomic E-state index is -0.997. The van der Waals surface area contributed by atoms with Crippen LogP contribution in [0.25, 0.3) is 0 Å². The van der Waals surface area contributed by atoms with E-state index in [1.165, 1.54) is 13.2 Å². The molecule has 0 saturated heterocycles. The monoisotopic (exact) mass is 280 g/mol. The van der Waals surface area contributed by atoms with E-state index in [0.717, 1.165) is 0 Å². The summed E-state index contributed by atoms with van der Waals surface area (Å²) >= 11 is 0. The molecule has 1 atom stereocenters. The lowest BCUT2D eigenvalue weighted by atomic mass is 9.87. The van der Waals surface area contributed by atoms with E-state index in [0.29, 0.717) is 17.9 Å². The highest BCUT2D eigenvalue weighted by Gasteiger charge is 2.31. The highest BCUT2D eigenvalue weighted by atomic mass is 16.5. The SMILES string of the molecule is CCC(C)(CNC(=O)c1cc(OC)ccc1N)C(=O)O. The molecular formula is C14H20N2O4. The summed E-state index contributed by atoms with van der Waals surface area (Å²) in [6.45, 7) is 3.39.